The molecule has 0 radical (unpaired) electrons. The van der Waals surface area contributed by atoms with Crippen LogP contribution in [0.2, 0.25) is 0 Å². The van der Waals surface area contributed by atoms with Crippen LogP contribution in [0, 0.1) is 12.1 Å². The van der Waals surface area contributed by atoms with E-state index in [1.54, 1.807) is 25.1 Å². The van der Waals surface area contributed by atoms with E-state index in [4.69, 9.17) is 5.21 Å². The Labute approximate surface area is 59.1 Å². The fraction of sp³-hybridized carbons (Fsp3) is 0.143. The second kappa shape index (κ2) is 2.68. The van der Waals surface area contributed by atoms with E-state index in [0.29, 0.717) is 5.69 Å². The van der Waals surface area contributed by atoms with Crippen molar-refractivity contribution in [1.82, 2.24) is 0 Å². The summed E-state index contributed by atoms with van der Waals surface area (Å²) in [6.45, 7) is 1.76. The van der Waals surface area contributed by atoms with Gasteiger partial charge in [-0.05, 0) is 18.6 Å². The SMILES string of the molecule is Cc1ccccc1N([O-])O. The van der Waals surface area contributed by atoms with E-state index >= 15 is 0 Å². The zero-order valence-corrected chi connectivity index (χ0v) is 5.61. The lowest BCUT2D eigenvalue weighted by Crippen LogP contribution is -2.07. The van der Waals surface area contributed by atoms with Gasteiger partial charge in [-0.25, -0.2) is 0 Å². The van der Waals surface area contributed by atoms with Gasteiger partial charge in [0.15, 0.2) is 0 Å². The van der Waals surface area contributed by atoms with Crippen LogP contribution in [0.1, 0.15) is 5.56 Å². The van der Waals surface area contributed by atoms with Crippen molar-refractivity contribution in [2.45, 2.75) is 6.92 Å². The first kappa shape index (κ1) is 7.05. The van der Waals surface area contributed by atoms with Crippen molar-refractivity contribution in [2.75, 3.05) is 5.23 Å². The molecule has 0 atom stereocenters. The Morgan fingerprint density at radius 1 is 1.40 bits per heavy atom. The Morgan fingerprint density at radius 2 is 2.00 bits per heavy atom. The highest BCUT2D eigenvalue weighted by Gasteiger charge is 1.93. The Bertz CT molecular complexity index is 223. The molecule has 1 rings (SSSR count). The van der Waals surface area contributed by atoms with Crippen molar-refractivity contribution in [2.24, 2.45) is 0 Å². The second-order valence-corrected chi connectivity index (χ2v) is 2.06. The molecule has 3 nitrogen and oxygen atoms in total. The molecule has 0 saturated carbocycles. The van der Waals surface area contributed by atoms with Crippen LogP contribution < -0.4 is 5.23 Å². The first-order valence-electron chi connectivity index (χ1n) is 2.93. The summed E-state index contributed by atoms with van der Waals surface area (Å²) in [6, 6.07) is 6.82. The summed E-state index contributed by atoms with van der Waals surface area (Å²) in [4.78, 5) is 0. The van der Waals surface area contributed by atoms with Crippen molar-refractivity contribution < 1.29 is 5.21 Å². The van der Waals surface area contributed by atoms with E-state index in [9.17, 15) is 5.21 Å². The molecule has 1 N–H and O–H groups in total. The number of nitrogens with zero attached hydrogens (tertiary/aromatic N) is 1. The zero-order valence-electron chi connectivity index (χ0n) is 5.61. The molecular weight excluding hydrogens is 130 g/mol. The maximum absolute atomic E-state index is 10.3. The van der Waals surface area contributed by atoms with Crippen LogP contribution in [0.5, 0.6) is 0 Å². The van der Waals surface area contributed by atoms with Crippen molar-refractivity contribution in [1.29, 1.82) is 0 Å². The third kappa shape index (κ3) is 1.26. The van der Waals surface area contributed by atoms with Crippen LogP contribution in [0.25, 0.3) is 0 Å². The van der Waals surface area contributed by atoms with Gasteiger partial charge in [-0.15, -0.1) is 0 Å². The molecule has 0 aliphatic carbocycles. The van der Waals surface area contributed by atoms with E-state index in [2.05, 4.69) is 0 Å². The van der Waals surface area contributed by atoms with Gasteiger partial charge < -0.3 is 10.4 Å². The van der Waals surface area contributed by atoms with Gasteiger partial charge >= 0.3 is 0 Å². The lowest BCUT2D eigenvalue weighted by Gasteiger charge is -2.23. The van der Waals surface area contributed by atoms with Crippen LogP contribution in [0.15, 0.2) is 24.3 Å². The van der Waals surface area contributed by atoms with Crippen LogP contribution in [-0.2, 0) is 0 Å². The monoisotopic (exact) mass is 138 g/mol. The van der Waals surface area contributed by atoms with E-state index in [1.807, 2.05) is 6.07 Å². The standard InChI is InChI=1S/C7H8NO2/c1-6-4-2-3-5-7(6)8(9)10/h2-5,9H,1H3/q-1. The van der Waals surface area contributed by atoms with Gasteiger partial charge in [0, 0.05) is 0 Å². The quantitative estimate of drug-likeness (QED) is 0.600. The smallest absolute Gasteiger partial charge is 0.0537 e. The maximum Gasteiger partial charge on any atom is 0.0537 e. The Morgan fingerprint density at radius 3 is 2.40 bits per heavy atom. The van der Waals surface area contributed by atoms with Gasteiger partial charge in [-0.1, -0.05) is 18.2 Å². The minimum absolute atomic E-state index is 0.130. The Hall–Kier alpha value is -1.06. The van der Waals surface area contributed by atoms with E-state index < -0.39 is 0 Å². The number of hydrogen-bond acceptors (Lipinski definition) is 3. The highest BCUT2D eigenvalue weighted by molar-refractivity contribution is 5.50. The molecule has 10 heavy (non-hydrogen) atoms. The highest BCUT2D eigenvalue weighted by Crippen LogP contribution is 2.15. The molecular formula is C7H8NO2-. The molecule has 0 spiro atoms. The molecule has 0 bridgehead atoms. The minimum atomic E-state index is -0.130. The topological polar surface area (TPSA) is 46.5 Å². The number of rotatable bonds is 1. The predicted octanol–water partition coefficient (Wildman–Crippen LogP) is 1.69. The van der Waals surface area contributed by atoms with E-state index in [-0.39, 0.29) is 5.23 Å². The van der Waals surface area contributed by atoms with Gasteiger partial charge in [0.05, 0.1) is 5.69 Å². The number of anilines is 1. The highest BCUT2D eigenvalue weighted by atomic mass is 16.8. The molecule has 0 aliphatic rings. The van der Waals surface area contributed by atoms with E-state index in [1.165, 1.54) is 0 Å². The zero-order chi connectivity index (χ0) is 7.56. The molecule has 0 fully saturated rings. The Balaban J connectivity index is 3.03. The summed E-state index contributed by atoms with van der Waals surface area (Å²) in [7, 11) is 0. The number of hydrogen-bond donors (Lipinski definition) is 1. The number of benzene rings is 1. The van der Waals surface area contributed by atoms with Crippen molar-refractivity contribution in [3.8, 4) is 0 Å². The van der Waals surface area contributed by atoms with Gasteiger partial charge in [0.1, 0.15) is 0 Å². The van der Waals surface area contributed by atoms with Crippen LogP contribution in [0.4, 0.5) is 5.69 Å². The lowest BCUT2D eigenvalue weighted by molar-refractivity contribution is 0.296. The van der Waals surface area contributed by atoms with Crippen LogP contribution in [0.3, 0.4) is 0 Å². The molecule has 54 valence electrons. The molecule has 0 saturated heterocycles. The molecule has 0 heterocycles. The summed E-state index contributed by atoms with van der Waals surface area (Å²) in [6.07, 6.45) is 0. The normalized spacial score (nSPS) is 9.50. The lowest BCUT2D eigenvalue weighted by atomic mass is 10.2. The van der Waals surface area contributed by atoms with Gasteiger partial charge in [0.25, 0.3) is 0 Å². The molecule has 0 aliphatic heterocycles. The molecule has 0 unspecified atom stereocenters. The molecule has 0 amide bonds. The Kier molecular flexibility index (Phi) is 1.89. The molecule has 0 aromatic heterocycles. The fourth-order valence-electron chi connectivity index (χ4n) is 0.778. The largest absolute Gasteiger partial charge is 0.733 e. The van der Waals surface area contributed by atoms with Crippen LogP contribution >= 0.6 is 0 Å². The molecule has 1 aromatic rings. The van der Waals surface area contributed by atoms with Gasteiger partial charge in [0.2, 0.25) is 0 Å². The molecule has 1 aromatic carbocycles. The fourth-order valence-corrected chi connectivity index (χ4v) is 0.778. The maximum atomic E-state index is 10.3. The average Bonchev–Trinajstić information content (AvgIpc) is 1.88. The second-order valence-electron chi connectivity index (χ2n) is 2.06. The predicted molar refractivity (Wildman–Crippen MR) is 38.8 cm³/mol. The third-order valence-electron chi connectivity index (χ3n) is 1.32. The van der Waals surface area contributed by atoms with Gasteiger partial charge in [-0.3, -0.25) is 5.21 Å². The first-order chi connectivity index (χ1) is 4.72. The van der Waals surface area contributed by atoms with Crippen molar-refractivity contribution >= 4 is 5.69 Å². The van der Waals surface area contributed by atoms with Crippen molar-refractivity contribution in [3.05, 3.63) is 35.0 Å². The number of para-hydroxylation sites is 1. The van der Waals surface area contributed by atoms with E-state index in [0.717, 1.165) is 5.56 Å². The van der Waals surface area contributed by atoms with Crippen LogP contribution in [-0.4, -0.2) is 5.21 Å². The van der Waals surface area contributed by atoms with Crippen molar-refractivity contribution in [3.63, 3.8) is 0 Å². The summed E-state index contributed by atoms with van der Waals surface area (Å²) < 4.78 is 0. The summed E-state index contributed by atoms with van der Waals surface area (Å²) in [5.74, 6) is 0. The van der Waals surface area contributed by atoms with Gasteiger partial charge in [-0.2, -0.15) is 0 Å². The number of aryl methyl sites for hydroxylation is 1. The summed E-state index contributed by atoms with van der Waals surface area (Å²) in [5.41, 5.74) is 1.06. The summed E-state index contributed by atoms with van der Waals surface area (Å²) in [5, 5.41) is 18.7. The first-order valence-corrected chi connectivity index (χ1v) is 2.93. The third-order valence-corrected chi connectivity index (χ3v) is 1.32. The minimum Gasteiger partial charge on any atom is -0.733 e. The average molecular weight is 138 g/mol. The summed E-state index contributed by atoms with van der Waals surface area (Å²) >= 11 is 0. The molecule has 3 heteroatoms.